The third-order valence-electron chi connectivity index (χ3n) is 2.43. The van der Waals surface area contributed by atoms with Crippen LogP contribution >= 0.6 is 23.3 Å². The maximum Gasteiger partial charge on any atom is 0.129 e. The highest BCUT2D eigenvalue weighted by molar-refractivity contribution is 7.00. The number of hydrogen-bond acceptors (Lipinski definition) is 5. The molecule has 1 N–H and O–H groups in total. The second-order valence-electron chi connectivity index (χ2n) is 3.54. The molecule has 0 saturated carbocycles. The highest BCUT2D eigenvalue weighted by Gasteiger charge is 2.09. The fraction of sp³-hybridized carbons (Fsp3) is 0.0909. The number of rotatable bonds is 3. The second-order valence-corrected chi connectivity index (χ2v) is 4.48. The highest BCUT2D eigenvalue weighted by Crippen LogP contribution is 2.30. The summed E-state index contributed by atoms with van der Waals surface area (Å²) in [5, 5.41) is 3.90. The summed E-state index contributed by atoms with van der Waals surface area (Å²) in [6.07, 6.45) is 3.34. The van der Waals surface area contributed by atoms with E-state index in [1.54, 1.807) is 12.5 Å². The first kappa shape index (κ1) is 10.6. The first-order chi connectivity index (χ1) is 8.34. The van der Waals surface area contributed by atoms with Crippen LogP contribution in [0.5, 0.6) is 0 Å². The van der Waals surface area contributed by atoms with E-state index < -0.39 is 0 Å². The van der Waals surface area contributed by atoms with Gasteiger partial charge in [0.15, 0.2) is 0 Å². The van der Waals surface area contributed by atoms with Crippen LogP contribution in [-0.4, -0.2) is 8.75 Å². The van der Waals surface area contributed by atoms with E-state index in [1.807, 2.05) is 18.2 Å². The van der Waals surface area contributed by atoms with E-state index in [-0.39, 0.29) is 0 Å². The lowest BCUT2D eigenvalue weighted by Crippen LogP contribution is -1.99. The minimum Gasteiger partial charge on any atom is -0.472 e. The van der Waals surface area contributed by atoms with Crippen LogP contribution in [0, 0.1) is 0 Å². The molecule has 0 aliphatic heterocycles. The number of nitrogens with one attached hydrogen (secondary N) is 1. The van der Waals surface area contributed by atoms with Crippen LogP contribution in [-0.2, 0) is 6.54 Å². The van der Waals surface area contributed by atoms with Gasteiger partial charge in [0.2, 0.25) is 0 Å². The van der Waals surface area contributed by atoms with Crippen LogP contribution in [0.15, 0.2) is 35.1 Å². The number of nitrogens with zero attached hydrogens (tertiary/aromatic N) is 2. The molecule has 0 fully saturated rings. The zero-order valence-electron chi connectivity index (χ0n) is 8.68. The molecular formula is C11H8ClN3OS. The first-order valence-electron chi connectivity index (χ1n) is 5.00. The lowest BCUT2D eigenvalue weighted by molar-refractivity contribution is 0.564. The van der Waals surface area contributed by atoms with Crippen molar-refractivity contribution < 1.29 is 4.42 Å². The molecule has 1 aromatic carbocycles. The molecule has 0 aliphatic rings. The summed E-state index contributed by atoms with van der Waals surface area (Å²) in [7, 11) is 0. The van der Waals surface area contributed by atoms with Gasteiger partial charge in [0.05, 0.1) is 35.0 Å². The van der Waals surface area contributed by atoms with Gasteiger partial charge in [0.25, 0.3) is 0 Å². The summed E-state index contributed by atoms with van der Waals surface area (Å²) in [5.41, 5.74) is 3.54. The SMILES string of the molecule is Clc1ccc2nsnc2c1NCc1ccoc1. The molecule has 0 aliphatic carbocycles. The molecule has 17 heavy (non-hydrogen) atoms. The van der Waals surface area contributed by atoms with E-state index in [2.05, 4.69) is 14.1 Å². The molecule has 0 amide bonds. The first-order valence-corrected chi connectivity index (χ1v) is 6.11. The summed E-state index contributed by atoms with van der Waals surface area (Å²) in [4.78, 5) is 0. The Morgan fingerprint density at radius 2 is 2.24 bits per heavy atom. The van der Waals surface area contributed by atoms with Crippen molar-refractivity contribution in [1.82, 2.24) is 8.75 Å². The lowest BCUT2D eigenvalue weighted by Gasteiger charge is -2.07. The predicted molar refractivity (Wildman–Crippen MR) is 68.5 cm³/mol. The maximum absolute atomic E-state index is 6.15. The monoisotopic (exact) mass is 265 g/mol. The van der Waals surface area contributed by atoms with Gasteiger partial charge in [-0.25, -0.2) is 0 Å². The Bertz CT molecular complexity index is 635. The number of anilines is 1. The van der Waals surface area contributed by atoms with E-state index in [0.717, 1.165) is 22.3 Å². The van der Waals surface area contributed by atoms with Gasteiger partial charge < -0.3 is 9.73 Å². The molecule has 0 unspecified atom stereocenters. The number of aromatic nitrogens is 2. The van der Waals surface area contributed by atoms with Crippen LogP contribution in [0.4, 0.5) is 5.69 Å². The normalized spacial score (nSPS) is 10.9. The minimum absolute atomic E-state index is 0.646. The molecule has 0 spiro atoms. The van der Waals surface area contributed by atoms with Crippen LogP contribution in [0.1, 0.15) is 5.56 Å². The van der Waals surface area contributed by atoms with Gasteiger partial charge in [-0.1, -0.05) is 11.6 Å². The summed E-state index contributed by atoms with van der Waals surface area (Å²) in [6, 6.07) is 5.59. The van der Waals surface area contributed by atoms with E-state index in [0.29, 0.717) is 11.6 Å². The Balaban J connectivity index is 1.93. The molecule has 3 aromatic rings. The third-order valence-corrected chi connectivity index (χ3v) is 3.28. The van der Waals surface area contributed by atoms with E-state index in [9.17, 15) is 0 Å². The average molecular weight is 266 g/mol. The zero-order chi connectivity index (χ0) is 11.7. The van der Waals surface area contributed by atoms with Gasteiger partial charge in [0, 0.05) is 12.1 Å². The molecule has 0 radical (unpaired) electrons. The van der Waals surface area contributed by atoms with E-state index >= 15 is 0 Å². The predicted octanol–water partition coefficient (Wildman–Crippen LogP) is 3.55. The Labute approximate surface area is 107 Å². The number of furan rings is 1. The van der Waals surface area contributed by atoms with Crippen molar-refractivity contribution in [2.45, 2.75) is 6.54 Å². The summed E-state index contributed by atoms with van der Waals surface area (Å²) in [6.45, 7) is 0.646. The smallest absolute Gasteiger partial charge is 0.129 e. The Morgan fingerprint density at radius 3 is 3.06 bits per heavy atom. The van der Waals surface area contributed by atoms with Crippen molar-refractivity contribution >= 4 is 40.0 Å². The van der Waals surface area contributed by atoms with Gasteiger partial charge in [-0.2, -0.15) is 8.75 Å². The molecular weight excluding hydrogens is 258 g/mol. The molecule has 0 saturated heterocycles. The Kier molecular flexibility index (Phi) is 2.70. The van der Waals surface area contributed by atoms with Gasteiger partial charge in [-0.3, -0.25) is 0 Å². The summed E-state index contributed by atoms with van der Waals surface area (Å²) < 4.78 is 13.4. The highest BCUT2D eigenvalue weighted by atomic mass is 35.5. The lowest BCUT2D eigenvalue weighted by atomic mass is 10.2. The van der Waals surface area contributed by atoms with Crippen molar-refractivity contribution in [3.05, 3.63) is 41.3 Å². The van der Waals surface area contributed by atoms with Crippen molar-refractivity contribution in [2.24, 2.45) is 0 Å². The van der Waals surface area contributed by atoms with Crippen LogP contribution in [0.25, 0.3) is 11.0 Å². The average Bonchev–Trinajstić information content (AvgIpc) is 2.97. The van der Waals surface area contributed by atoms with Gasteiger partial charge in [0.1, 0.15) is 11.0 Å². The molecule has 4 nitrogen and oxygen atoms in total. The van der Waals surface area contributed by atoms with Gasteiger partial charge in [-0.15, -0.1) is 0 Å². The van der Waals surface area contributed by atoms with Crippen LogP contribution in [0.2, 0.25) is 5.02 Å². The Hall–Kier alpha value is -1.59. The number of halogens is 1. The maximum atomic E-state index is 6.15. The van der Waals surface area contributed by atoms with Gasteiger partial charge in [-0.05, 0) is 18.2 Å². The zero-order valence-corrected chi connectivity index (χ0v) is 10.3. The molecule has 3 rings (SSSR count). The number of benzene rings is 1. The van der Waals surface area contributed by atoms with Crippen LogP contribution in [0.3, 0.4) is 0 Å². The summed E-state index contributed by atoms with van der Waals surface area (Å²) >= 11 is 7.33. The Morgan fingerprint density at radius 1 is 1.29 bits per heavy atom. The number of hydrogen-bond donors (Lipinski definition) is 1. The van der Waals surface area contributed by atoms with Crippen molar-refractivity contribution in [3.8, 4) is 0 Å². The van der Waals surface area contributed by atoms with Crippen molar-refractivity contribution in [3.63, 3.8) is 0 Å². The number of fused-ring (bicyclic) bond motifs is 1. The van der Waals surface area contributed by atoms with Crippen molar-refractivity contribution in [1.29, 1.82) is 0 Å². The van der Waals surface area contributed by atoms with E-state index in [1.165, 1.54) is 11.7 Å². The van der Waals surface area contributed by atoms with Gasteiger partial charge >= 0.3 is 0 Å². The third kappa shape index (κ3) is 1.99. The molecule has 0 bridgehead atoms. The topological polar surface area (TPSA) is 51.0 Å². The van der Waals surface area contributed by atoms with Crippen molar-refractivity contribution in [2.75, 3.05) is 5.32 Å². The molecule has 6 heteroatoms. The molecule has 2 heterocycles. The minimum atomic E-state index is 0.646. The summed E-state index contributed by atoms with van der Waals surface area (Å²) in [5.74, 6) is 0. The fourth-order valence-corrected chi connectivity index (χ4v) is 2.34. The molecule has 0 atom stereocenters. The fourth-order valence-electron chi connectivity index (χ4n) is 1.58. The largest absolute Gasteiger partial charge is 0.472 e. The van der Waals surface area contributed by atoms with Crippen LogP contribution < -0.4 is 5.32 Å². The molecule has 86 valence electrons. The molecule has 2 aromatic heterocycles. The van der Waals surface area contributed by atoms with E-state index in [4.69, 9.17) is 16.0 Å². The standard InChI is InChI=1S/C11H8ClN3OS/c12-8-1-2-9-11(15-17-14-9)10(8)13-5-7-3-4-16-6-7/h1-4,6,13H,5H2. The quantitative estimate of drug-likeness (QED) is 0.787. The second kappa shape index (κ2) is 4.35.